The lowest BCUT2D eigenvalue weighted by Crippen LogP contribution is -2.55. The Morgan fingerprint density at radius 3 is 2.50 bits per heavy atom. The highest BCUT2D eigenvalue weighted by Gasteiger charge is 2.55. The Labute approximate surface area is 135 Å². The highest BCUT2D eigenvalue weighted by atomic mass is 16.3. The Kier molecular flexibility index (Phi) is 3.97. The Morgan fingerprint density at radius 2 is 1.82 bits per heavy atom. The van der Waals surface area contributed by atoms with E-state index in [0.717, 1.165) is 25.7 Å². The summed E-state index contributed by atoms with van der Waals surface area (Å²) in [7, 11) is 0. The average molecular weight is 298 g/mol. The molecule has 1 aromatic rings. The van der Waals surface area contributed by atoms with Gasteiger partial charge in [0.1, 0.15) is 0 Å². The molecular formula is C21H30O. The number of fused-ring (bicyclic) bond motifs is 1. The molecule has 0 amide bonds. The molecule has 4 atom stereocenters. The van der Waals surface area contributed by atoms with Crippen molar-refractivity contribution in [1.82, 2.24) is 0 Å². The van der Waals surface area contributed by atoms with Crippen LogP contribution in [0.5, 0.6) is 0 Å². The summed E-state index contributed by atoms with van der Waals surface area (Å²) in [5.74, 6) is 1.13. The summed E-state index contributed by atoms with van der Waals surface area (Å²) in [6.45, 7) is 11.4. The molecule has 0 spiro atoms. The second-order valence-corrected chi connectivity index (χ2v) is 8.37. The number of aliphatic hydroxyl groups is 1. The molecule has 22 heavy (non-hydrogen) atoms. The fraction of sp³-hybridized carbons (Fsp3) is 0.619. The quantitative estimate of drug-likeness (QED) is 0.762. The molecule has 2 saturated carbocycles. The second-order valence-electron chi connectivity index (χ2n) is 8.37. The second kappa shape index (κ2) is 5.53. The minimum atomic E-state index is -0.158. The zero-order chi connectivity index (χ0) is 16.0. The lowest BCUT2D eigenvalue weighted by Gasteiger charge is -2.59. The van der Waals surface area contributed by atoms with Crippen LogP contribution in [0.25, 0.3) is 0 Å². The lowest BCUT2D eigenvalue weighted by atomic mass is 9.46. The van der Waals surface area contributed by atoms with Crippen molar-refractivity contribution in [2.75, 3.05) is 0 Å². The van der Waals surface area contributed by atoms with Gasteiger partial charge >= 0.3 is 0 Å². The predicted molar refractivity (Wildman–Crippen MR) is 92.6 cm³/mol. The van der Waals surface area contributed by atoms with E-state index in [9.17, 15) is 5.11 Å². The first-order valence-electron chi connectivity index (χ1n) is 8.75. The van der Waals surface area contributed by atoms with E-state index < -0.39 is 0 Å². The van der Waals surface area contributed by atoms with E-state index >= 15 is 0 Å². The van der Waals surface area contributed by atoms with Crippen LogP contribution < -0.4 is 0 Å². The van der Waals surface area contributed by atoms with Crippen molar-refractivity contribution in [1.29, 1.82) is 0 Å². The SMILES string of the molecule is C=C1CC[C@H]2C(C)(C)[C@@H](O)CC[C@]2(C)[C@H]1Cc1ccccc1. The molecule has 1 nitrogen and oxygen atoms in total. The van der Waals surface area contributed by atoms with Gasteiger partial charge in [-0.05, 0) is 60.3 Å². The van der Waals surface area contributed by atoms with Crippen LogP contribution >= 0.6 is 0 Å². The number of aliphatic hydroxyl groups excluding tert-OH is 1. The zero-order valence-corrected chi connectivity index (χ0v) is 14.3. The van der Waals surface area contributed by atoms with Crippen LogP contribution in [0.3, 0.4) is 0 Å². The summed E-state index contributed by atoms with van der Waals surface area (Å²) in [4.78, 5) is 0. The molecule has 1 N–H and O–H groups in total. The third-order valence-corrected chi connectivity index (χ3v) is 6.84. The van der Waals surface area contributed by atoms with Crippen molar-refractivity contribution < 1.29 is 5.11 Å². The number of benzene rings is 1. The smallest absolute Gasteiger partial charge is 0.0594 e. The summed E-state index contributed by atoms with van der Waals surface area (Å²) < 4.78 is 0. The third kappa shape index (κ3) is 2.44. The molecule has 0 radical (unpaired) electrons. The maximum absolute atomic E-state index is 10.5. The summed E-state index contributed by atoms with van der Waals surface area (Å²) in [6, 6.07) is 10.8. The van der Waals surface area contributed by atoms with Gasteiger partial charge in [-0.1, -0.05) is 63.3 Å². The van der Waals surface area contributed by atoms with Crippen molar-refractivity contribution in [3.63, 3.8) is 0 Å². The number of hydrogen-bond donors (Lipinski definition) is 1. The van der Waals surface area contributed by atoms with Gasteiger partial charge in [0.05, 0.1) is 6.10 Å². The molecule has 2 aliphatic rings. The summed E-state index contributed by atoms with van der Waals surface area (Å²) >= 11 is 0. The van der Waals surface area contributed by atoms with Crippen LogP contribution in [0.1, 0.15) is 52.0 Å². The molecule has 0 aliphatic heterocycles. The zero-order valence-electron chi connectivity index (χ0n) is 14.3. The van der Waals surface area contributed by atoms with Crippen LogP contribution in [0.4, 0.5) is 0 Å². The van der Waals surface area contributed by atoms with Gasteiger partial charge in [0.25, 0.3) is 0 Å². The number of allylic oxidation sites excluding steroid dienone is 1. The summed E-state index contributed by atoms with van der Waals surface area (Å²) in [5, 5.41) is 10.5. The topological polar surface area (TPSA) is 20.2 Å². The van der Waals surface area contributed by atoms with Gasteiger partial charge in [0.15, 0.2) is 0 Å². The molecule has 2 aliphatic carbocycles. The Hall–Kier alpha value is -1.08. The lowest BCUT2D eigenvalue weighted by molar-refractivity contribution is -0.123. The monoisotopic (exact) mass is 298 g/mol. The maximum Gasteiger partial charge on any atom is 0.0594 e. The van der Waals surface area contributed by atoms with Crippen LogP contribution in [0, 0.1) is 22.7 Å². The number of rotatable bonds is 2. The van der Waals surface area contributed by atoms with Gasteiger partial charge in [-0.15, -0.1) is 0 Å². The molecule has 1 aromatic carbocycles. The van der Waals surface area contributed by atoms with E-state index in [0.29, 0.717) is 11.8 Å². The normalized spacial score (nSPS) is 37.6. The molecule has 0 heterocycles. The minimum absolute atomic E-state index is 0.0165. The first kappa shape index (κ1) is 15.8. The van der Waals surface area contributed by atoms with Gasteiger partial charge in [-0.3, -0.25) is 0 Å². The minimum Gasteiger partial charge on any atom is -0.393 e. The van der Waals surface area contributed by atoms with Crippen LogP contribution in [0.15, 0.2) is 42.5 Å². The van der Waals surface area contributed by atoms with E-state index in [2.05, 4.69) is 57.7 Å². The number of hydrogen-bond acceptors (Lipinski definition) is 1. The molecule has 0 aromatic heterocycles. The molecule has 1 heteroatoms. The van der Waals surface area contributed by atoms with E-state index in [1.807, 2.05) is 0 Å². The highest BCUT2D eigenvalue weighted by Crippen LogP contribution is 2.61. The van der Waals surface area contributed by atoms with Crippen molar-refractivity contribution in [3.8, 4) is 0 Å². The Balaban J connectivity index is 1.93. The van der Waals surface area contributed by atoms with Crippen molar-refractivity contribution >= 4 is 0 Å². The van der Waals surface area contributed by atoms with Gasteiger partial charge < -0.3 is 5.11 Å². The Bertz CT molecular complexity index is 544. The van der Waals surface area contributed by atoms with Crippen LogP contribution in [-0.2, 0) is 6.42 Å². The summed E-state index contributed by atoms with van der Waals surface area (Å²) in [6.07, 6.45) is 5.30. The molecule has 3 rings (SSSR count). The summed E-state index contributed by atoms with van der Waals surface area (Å²) in [5.41, 5.74) is 3.13. The largest absolute Gasteiger partial charge is 0.393 e. The molecule has 0 saturated heterocycles. The standard InChI is InChI=1S/C21H30O/c1-15-10-11-18-20(2,3)19(22)12-13-21(18,4)17(15)14-16-8-6-5-7-9-16/h5-9,17-19,22H,1,10-14H2,2-4H3/t17-,18-,19-,21+/m0/s1. The Morgan fingerprint density at radius 1 is 1.14 bits per heavy atom. The van der Waals surface area contributed by atoms with Crippen LogP contribution in [-0.4, -0.2) is 11.2 Å². The molecule has 0 bridgehead atoms. The van der Waals surface area contributed by atoms with E-state index in [-0.39, 0.29) is 16.9 Å². The van der Waals surface area contributed by atoms with E-state index in [1.165, 1.54) is 17.6 Å². The highest BCUT2D eigenvalue weighted by molar-refractivity contribution is 5.23. The van der Waals surface area contributed by atoms with E-state index in [1.54, 1.807) is 0 Å². The van der Waals surface area contributed by atoms with Gasteiger partial charge in [0, 0.05) is 0 Å². The van der Waals surface area contributed by atoms with Gasteiger partial charge in [-0.25, -0.2) is 0 Å². The maximum atomic E-state index is 10.5. The van der Waals surface area contributed by atoms with Crippen molar-refractivity contribution in [2.45, 2.75) is 59.0 Å². The average Bonchev–Trinajstić information content (AvgIpc) is 2.49. The van der Waals surface area contributed by atoms with E-state index in [4.69, 9.17) is 0 Å². The first-order valence-corrected chi connectivity index (χ1v) is 8.75. The first-order chi connectivity index (χ1) is 10.4. The van der Waals surface area contributed by atoms with Gasteiger partial charge in [0.2, 0.25) is 0 Å². The fourth-order valence-electron chi connectivity index (χ4n) is 5.39. The molecule has 120 valence electrons. The molecule has 2 fully saturated rings. The third-order valence-electron chi connectivity index (χ3n) is 6.84. The van der Waals surface area contributed by atoms with Crippen molar-refractivity contribution in [3.05, 3.63) is 48.0 Å². The van der Waals surface area contributed by atoms with Crippen molar-refractivity contribution in [2.24, 2.45) is 22.7 Å². The van der Waals surface area contributed by atoms with Crippen LogP contribution in [0.2, 0.25) is 0 Å². The van der Waals surface area contributed by atoms with Gasteiger partial charge in [-0.2, -0.15) is 0 Å². The molecule has 0 unspecified atom stereocenters. The molecular weight excluding hydrogens is 268 g/mol. The predicted octanol–water partition coefficient (Wildman–Crippen LogP) is 5.00. The fourth-order valence-corrected chi connectivity index (χ4v) is 5.39.